The Morgan fingerprint density at radius 2 is 2.20 bits per heavy atom. The molecule has 0 saturated heterocycles. The first-order valence-corrected chi connectivity index (χ1v) is 6.42. The van der Waals surface area contributed by atoms with Crippen LogP contribution in [-0.2, 0) is 6.42 Å². The molecule has 0 aliphatic rings. The second kappa shape index (κ2) is 5.83. The van der Waals surface area contributed by atoms with Gasteiger partial charge in [0.25, 0.3) is 6.43 Å². The average Bonchev–Trinajstić information content (AvgIpc) is 2.79. The smallest absolute Gasteiger partial charge is 0.267 e. The molecule has 20 heavy (non-hydrogen) atoms. The maximum atomic E-state index is 13.1. The topological polar surface area (TPSA) is 48.9 Å². The molecule has 2 rings (SSSR count). The van der Waals surface area contributed by atoms with E-state index in [-0.39, 0.29) is 12.8 Å². The van der Waals surface area contributed by atoms with Crippen LogP contribution in [0.1, 0.15) is 19.0 Å². The molecule has 2 aromatic rings. The number of aromatic nitrogens is 2. The van der Waals surface area contributed by atoms with Gasteiger partial charge in [-0.1, -0.05) is 6.92 Å². The Balaban J connectivity index is 2.23. The number of halogens is 3. The van der Waals surface area contributed by atoms with Crippen LogP contribution >= 0.6 is 0 Å². The number of nitrogens with one attached hydrogen (secondary N) is 1. The fourth-order valence-electron chi connectivity index (χ4n) is 2.35. The number of nitrogens with zero attached hydrogens (tertiary/aromatic N) is 1. The summed E-state index contributed by atoms with van der Waals surface area (Å²) in [7, 11) is 0. The maximum absolute atomic E-state index is 13.1. The van der Waals surface area contributed by atoms with Crippen molar-refractivity contribution in [3.8, 4) is 0 Å². The molecule has 0 radical (unpaired) electrons. The molecule has 2 aromatic heterocycles. The van der Waals surface area contributed by atoms with Gasteiger partial charge < -0.3 is 10.1 Å². The number of hydrogen-bond donors (Lipinski definition) is 2. The molecule has 0 aromatic carbocycles. The summed E-state index contributed by atoms with van der Waals surface area (Å²) in [5, 5.41) is 10.9. The largest absolute Gasteiger partial charge is 0.384 e. The summed E-state index contributed by atoms with van der Waals surface area (Å²) in [6.07, 6.45) is -0.256. The average molecular weight is 286 g/mol. The maximum Gasteiger partial charge on any atom is 0.267 e. The van der Waals surface area contributed by atoms with Crippen LogP contribution in [0.4, 0.5) is 13.2 Å². The Hall–Kier alpha value is -1.56. The van der Waals surface area contributed by atoms with Crippen LogP contribution < -0.4 is 0 Å². The number of H-pyrrole nitrogens is 1. The lowest BCUT2D eigenvalue weighted by atomic mass is 9.88. The quantitative estimate of drug-likeness (QED) is 0.857. The normalized spacial score (nSPS) is 16.5. The highest BCUT2D eigenvalue weighted by molar-refractivity contribution is 5.79. The molecule has 0 bridgehead atoms. The van der Waals surface area contributed by atoms with Crippen molar-refractivity contribution in [1.82, 2.24) is 9.97 Å². The Kier molecular flexibility index (Phi) is 4.32. The van der Waals surface area contributed by atoms with Crippen LogP contribution in [-0.4, -0.2) is 33.8 Å². The second-order valence-corrected chi connectivity index (χ2v) is 5.30. The Morgan fingerprint density at radius 3 is 2.80 bits per heavy atom. The molecule has 2 N–H and O–H groups in total. The number of fused-ring (bicyclic) bond motifs is 1. The van der Waals surface area contributed by atoms with Crippen molar-refractivity contribution in [3.63, 3.8) is 0 Å². The Bertz CT molecular complexity index is 539. The van der Waals surface area contributed by atoms with E-state index in [4.69, 9.17) is 0 Å². The predicted octanol–water partition coefficient (Wildman–Crippen LogP) is 3.10. The summed E-state index contributed by atoms with van der Waals surface area (Å²) in [4.78, 5) is 6.91. The van der Waals surface area contributed by atoms with Crippen LogP contribution in [0.3, 0.4) is 0 Å². The van der Waals surface area contributed by atoms with Crippen LogP contribution in [0.25, 0.3) is 10.9 Å². The number of rotatable bonds is 6. The lowest BCUT2D eigenvalue weighted by Crippen LogP contribution is -2.41. The van der Waals surface area contributed by atoms with Crippen molar-refractivity contribution in [2.45, 2.75) is 31.8 Å². The first-order valence-electron chi connectivity index (χ1n) is 6.42. The molecule has 6 heteroatoms. The summed E-state index contributed by atoms with van der Waals surface area (Å²) in [6.45, 7) is 0.772. The van der Waals surface area contributed by atoms with Gasteiger partial charge in [-0.15, -0.1) is 0 Å². The van der Waals surface area contributed by atoms with Crippen LogP contribution in [0.5, 0.6) is 0 Å². The van der Waals surface area contributed by atoms with E-state index in [9.17, 15) is 18.3 Å². The molecule has 2 atom stereocenters. The predicted molar refractivity (Wildman–Crippen MR) is 70.5 cm³/mol. The third-order valence-corrected chi connectivity index (χ3v) is 3.34. The van der Waals surface area contributed by atoms with Crippen LogP contribution in [0.2, 0.25) is 0 Å². The molecule has 3 nitrogen and oxygen atoms in total. The van der Waals surface area contributed by atoms with Gasteiger partial charge in [-0.05, 0) is 24.5 Å². The molecule has 0 aliphatic heterocycles. The second-order valence-electron chi connectivity index (χ2n) is 5.30. The van der Waals surface area contributed by atoms with Gasteiger partial charge in [-0.3, -0.25) is 9.37 Å². The molecule has 110 valence electrons. The number of alkyl halides is 3. The van der Waals surface area contributed by atoms with E-state index < -0.39 is 24.6 Å². The van der Waals surface area contributed by atoms with Crippen LogP contribution in [0, 0.1) is 5.92 Å². The minimum Gasteiger partial charge on any atom is -0.384 e. The molecule has 0 spiro atoms. The lowest BCUT2D eigenvalue weighted by molar-refractivity contribution is -0.109. The number of hydrogen-bond acceptors (Lipinski definition) is 2. The zero-order chi connectivity index (χ0) is 14.8. The Morgan fingerprint density at radius 1 is 1.45 bits per heavy atom. The van der Waals surface area contributed by atoms with Gasteiger partial charge in [0.2, 0.25) is 0 Å². The van der Waals surface area contributed by atoms with E-state index in [1.807, 2.05) is 0 Å². The third kappa shape index (κ3) is 3.12. The third-order valence-electron chi connectivity index (χ3n) is 3.34. The van der Waals surface area contributed by atoms with Crippen molar-refractivity contribution in [1.29, 1.82) is 0 Å². The van der Waals surface area contributed by atoms with E-state index in [2.05, 4.69) is 9.97 Å². The monoisotopic (exact) mass is 286 g/mol. The summed E-state index contributed by atoms with van der Waals surface area (Å²) in [5.74, 6) is -0.611. The molecular weight excluding hydrogens is 269 g/mol. The lowest BCUT2D eigenvalue weighted by Gasteiger charge is -2.28. The summed E-state index contributed by atoms with van der Waals surface area (Å²) >= 11 is 0. The van der Waals surface area contributed by atoms with Crippen molar-refractivity contribution >= 4 is 10.9 Å². The van der Waals surface area contributed by atoms with Gasteiger partial charge in [-0.25, -0.2) is 8.78 Å². The summed E-state index contributed by atoms with van der Waals surface area (Å²) in [6, 6.07) is 3.40. The highest BCUT2D eigenvalue weighted by atomic mass is 19.3. The molecule has 0 saturated carbocycles. The zero-order valence-electron chi connectivity index (χ0n) is 11.1. The Labute approximate surface area is 114 Å². The minimum absolute atomic E-state index is 0.246. The van der Waals surface area contributed by atoms with Gasteiger partial charge in [0.05, 0.1) is 6.67 Å². The van der Waals surface area contributed by atoms with E-state index >= 15 is 0 Å². The van der Waals surface area contributed by atoms with E-state index in [0.29, 0.717) is 5.69 Å². The zero-order valence-corrected chi connectivity index (χ0v) is 11.1. The van der Waals surface area contributed by atoms with Gasteiger partial charge in [0.1, 0.15) is 5.60 Å². The van der Waals surface area contributed by atoms with E-state index in [0.717, 1.165) is 10.9 Å². The van der Waals surface area contributed by atoms with E-state index in [1.54, 1.807) is 24.5 Å². The van der Waals surface area contributed by atoms with Gasteiger partial charge in [0, 0.05) is 35.4 Å². The summed E-state index contributed by atoms with van der Waals surface area (Å²) in [5.41, 5.74) is -0.966. The minimum atomic E-state index is -2.93. The number of aromatic amines is 1. The SMILES string of the molecule is CC(CF)CC(O)(Cc1cc2cnccc2[nH]1)C(F)F. The first-order chi connectivity index (χ1) is 9.44. The molecule has 0 aliphatic carbocycles. The highest BCUT2D eigenvalue weighted by Gasteiger charge is 2.39. The van der Waals surface area contributed by atoms with E-state index in [1.165, 1.54) is 6.92 Å². The standard InChI is InChI=1S/C14H17F3N2O/c1-9(7-15)5-14(20,13(16)17)6-11-4-10-8-18-3-2-12(10)19-11/h2-4,8-9,13,19-20H,5-7H2,1H3. The fraction of sp³-hybridized carbons (Fsp3) is 0.500. The fourth-order valence-corrected chi connectivity index (χ4v) is 2.35. The molecular formula is C14H17F3N2O. The highest BCUT2D eigenvalue weighted by Crippen LogP contribution is 2.29. The number of aliphatic hydroxyl groups is 1. The first kappa shape index (κ1) is 14.8. The number of pyridine rings is 1. The van der Waals surface area contributed by atoms with Gasteiger partial charge in [-0.2, -0.15) is 0 Å². The van der Waals surface area contributed by atoms with Gasteiger partial charge in [0.15, 0.2) is 0 Å². The molecule has 2 heterocycles. The molecule has 0 fully saturated rings. The molecule has 0 amide bonds. The molecule has 2 unspecified atom stereocenters. The van der Waals surface area contributed by atoms with Crippen molar-refractivity contribution in [2.75, 3.05) is 6.67 Å². The van der Waals surface area contributed by atoms with Gasteiger partial charge >= 0.3 is 0 Å². The van der Waals surface area contributed by atoms with Crippen molar-refractivity contribution < 1.29 is 18.3 Å². The summed E-state index contributed by atoms with van der Waals surface area (Å²) < 4.78 is 38.8. The van der Waals surface area contributed by atoms with Crippen LogP contribution in [0.15, 0.2) is 24.5 Å². The van der Waals surface area contributed by atoms with Crippen molar-refractivity contribution in [3.05, 3.63) is 30.2 Å². The van der Waals surface area contributed by atoms with Crippen molar-refractivity contribution in [2.24, 2.45) is 5.92 Å².